The van der Waals surface area contributed by atoms with Gasteiger partial charge in [0.2, 0.25) is 0 Å². The Kier molecular flexibility index (Phi) is 37.1. The topological polar surface area (TPSA) is 62.3 Å². The molecule has 1 rings (SSSR count). The molecule has 0 unspecified atom stereocenters. The maximum absolute atomic E-state index is 13.4. The quantitative estimate of drug-likeness (QED) is 0.0451. The molecular formula is C49H97N3O4. The summed E-state index contributed by atoms with van der Waals surface area (Å²) in [6.45, 7) is 17.0. The highest BCUT2D eigenvalue weighted by Crippen LogP contribution is 2.20. The Morgan fingerprint density at radius 2 is 0.786 bits per heavy atom. The fourth-order valence-electron chi connectivity index (χ4n) is 8.20. The van der Waals surface area contributed by atoms with Gasteiger partial charge in [0, 0.05) is 39.3 Å². The van der Waals surface area contributed by atoms with Crippen molar-refractivity contribution in [2.45, 2.75) is 245 Å². The largest absolute Gasteiger partial charge is 0.462 e. The van der Waals surface area contributed by atoms with Gasteiger partial charge in [0.15, 0.2) is 0 Å². The monoisotopic (exact) mass is 792 g/mol. The third-order valence-corrected chi connectivity index (χ3v) is 12.2. The van der Waals surface area contributed by atoms with Crippen molar-refractivity contribution in [2.75, 3.05) is 59.4 Å². The molecule has 1 fully saturated rings. The Morgan fingerprint density at radius 1 is 0.446 bits per heavy atom. The fraction of sp³-hybridized carbons (Fsp3) is 0.959. The van der Waals surface area contributed by atoms with Gasteiger partial charge in [-0.15, -0.1) is 0 Å². The van der Waals surface area contributed by atoms with Gasteiger partial charge >= 0.3 is 11.9 Å². The van der Waals surface area contributed by atoms with Crippen LogP contribution in [-0.2, 0) is 19.1 Å². The number of rotatable bonds is 41. The lowest BCUT2D eigenvalue weighted by atomic mass is 10.0. The number of ether oxygens (including phenoxy) is 2. The maximum atomic E-state index is 13.4. The highest BCUT2D eigenvalue weighted by Gasteiger charge is 2.19. The molecule has 0 aliphatic carbocycles. The minimum Gasteiger partial charge on any atom is -0.462 e. The first-order chi connectivity index (χ1) is 27.4. The Bertz CT molecular complexity index is 778. The van der Waals surface area contributed by atoms with E-state index in [-0.39, 0.29) is 24.1 Å². The summed E-state index contributed by atoms with van der Waals surface area (Å²) < 4.78 is 12.4. The minimum absolute atomic E-state index is 0.0436. The zero-order chi connectivity index (χ0) is 40.7. The van der Waals surface area contributed by atoms with Gasteiger partial charge in [-0.25, -0.2) is 0 Å². The first kappa shape index (κ1) is 52.8. The minimum atomic E-state index is -0.0603. The lowest BCUT2D eigenvalue weighted by molar-refractivity contribution is -0.150. The van der Waals surface area contributed by atoms with Crippen LogP contribution in [0.3, 0.4) is 0 Å². The van der Waals surface area contributed by atoms with Crippen LogP contribution >= 0.6 is 0 Å². The van der Waals surface area contributed by atoms with E-state index in [0.717, 1.165) is 103 Å². The van der Waals surface area contributed by atoms with Crippen molar-refractivity contribution in [3.63, 3.8) is 0 Å². The normalized spacial score (nSPS) is 14.1. The molecule has 0 amide bonds. The van der Waals surface area contributed by atoms with Gasteiger partial charge < -0.3 is 24.2 Å². The number of likely N-dealkylation sites (N-methyl/N-ethyl adjacent to an activating group) is 1. The predicted octanol–water partition coefficient (Wildman–Crippen LogP) is 12.9. The number of carbonyl (C=O) groups excluding carboxylic acids is 2. The number of unbranched alkanes of at least 4 members (excludes halogenated alkanes) is 21. The Balaban J connectivity index is 2.74. The average Bonchev–Trinajstić information content (AvgIpc) is 3.19. The first-order valence-electron chi connectivity index (χ1n) is 24.9. The van der Waals surface area contributed by atoms with Crippen LogP contribution in [0.5, 0.6) is 0 Å². The summed E-state index contributed by atoms with van der Waals surface area (Å²) in [6, 6.07) is 0. The molecule has 7 nitrogen and oxygen atoms in total. The second kappa shape index (κ2) is 39.3. The number of esters is 2. The fourth-order valence-corrected chi connectivity index (χ4v) is 8.20. The second-order valence-corrected chi connectivity index (χ2v) is 17.6. The van der Waals surface area contributed by atoms with Crippen LogP contribution in [0.4, 0.5) is 0 Å². The van der Waals surface area contributed by atoms with Crippen LogP contribution in [0.1, 0.15) is 233 Å². The smallest absolute Gasteiger partial charge is 0.307 e. The molecule has 0 spiro atoms. The second-order valence-electron chi connectivity index (χ2n) is 17.6. The van der Waals surface area contributed by atoms with Gasteiger partial charge in [0.25, 0.3) is 0 Å². The van der Waals surface area contributed by atoms with Crippen molar-refractivity contribution < 1.29 is 19.1 Å². The van der Waals surface area contributed by atoms with Crippen LogP contribution in [-0.4, -0.2) is 98.3 Å². The molecule has 1 aliphatic heterocycles. The molecule has 1 heterocycles. The summed E-state index contributed by atoms with van der Waals surface area (Å²) >= 11 is 0. The highest BCUT2D eigenvalue weighted by molar-refractivity contribution is 5.70. The molecule has 0 aromatic rings. The van der Waals surface area contributed by atoms with Crippen LogP contribution in [0, 0.1) is 0 Å². The Labute approximate surface area is 349 Å². The predicted molar refractivity (Wildman–Crippen MR) is 241 cm³/mol. The van der Waals surface area contributed by atoms with Crippen molar-refractivity contribution >= 4 is 11.9 Å². The number of piperazine rings is 1. The SMILES string of the molecule is CCCCCCCCC(CCCCCCCC)OC(=O)CCN(CCCCN1CCN(C)CC1)CCC(=O)OC(CCCCCCCC)CCCCCCCC. The third-order valence-electron chi connectivity index (χ3n) is 12.2. The van der Waals surface area contributed by atoms with Gasteiger partial charge in [0.05, 0.1) is 12.8 Å². The van der Waals surface area contributed by atoms with E-state index in [1.807, 2.05) is 0 Å². The highest BCUT2D eigenvalue weighted by atomic mass is 16.5. The maximum Gasteiger partial charge on any atom is 0.307 e. The first-order valence-corrected chi connectivity index (χ1v) is 24.9. The van der Waals surface area contributed by atoms with E-state index >= 15 is 0 Å². The number of hydrogen-bond donors (Lipinski definition) is 0. The number of carbonyl (C=O) groups is 2. The molecule has 0 bridgehead atoms. The van der Waals surface area contributed by atoms with Crippen molar-refractivity contribution in [1.29, 1.82) is 0 Å². The lowest BCUT2D eigenvalue weighted by Gasteiger charge is -2.32. The van der Waals surface area contributed by atoms with E-state index in [1.165, 1.54) is 128 Å². The molecule has 0 aromatic carbocycles. The number of hydrogen-bond acceptors (Lipinski definition) is 7. The van der Waals surface area contributed by atoms with Crippen molar-refractivity contribution in [3.8, 4) is 0 Å². The van der Waals surface area contributed by atoms with Crippen LogP contribution in [0.2, 0.25) is 0 Å². The van der Waals surface area contributed by atoms with Crippen LogP contribution < -0.4 is 0 Å². The van der Waals surface area contributed by atoms with E-state index in [9.17, 15) is 9.59 Å². The zero-order valence-corrected chi connectivity index (χ0v) is 38.4. The molecular weight excluding hydrogens is 695 g/mol. The zero-order valence-electron chi connectivity index (χ0n) is 38.4. The number of nitrogens with zero attached hydrogens (tertiary/aromatic N) is 3. The molecule has 0 N–H and O–H groups in total. The van der Waals surface area contributed by atoms with E-state index < -0.39 is 0 Å². The molecule has 1 saturated heterocycles. The molecule has 56 heavy (non-hydrogen) atoms. The summed E-state index contributed by atoms with van der Waals surface area (Å²) in [7, 11) is 2.21. The molecule has 7 heteroatoms. The van der Waals surface area contributed by atoms with Gasteiger partial charge in [-0.05, 0) is 84.3 Å². The van der Waals surface area contributed by atoms with Gasteiger partial charge in [-0.3, -0.25) is 9.59 Å². The Morgan fingerprint density at radius 3 is 1.14 bits per heavy atom. The molecule has 0 saturated carbocycles. The summed E-state index contributed by atoms with van der Waals surface area (Å²) in [5, 5.41) is 0. The van der Waals surface area contributed by atoms with E-state index in [1.54, 1.807) is 0 Å². The van der Waals surface area contributed by atoms with Crippen LogP contribution in [0.25, 0.3) is 0 Å². The van der Waals surface area contributed by atoms with Crippen molar-refractivity contribution in [1.82, 2.24) is 14.7 Å². The van der Waals surface area contributed by atoms with E-state index in [2.05, 4.69) is 49.4 Å². The summed E-state index contributed by atoms with van der Waals surface area (Å²) in [5.41, 5.74) is 0. The summed E-state index contributed by atoms with van der Waals surface area (Å²) in [5.74, 6) is -0.121. The van der Waals surface area contributed by atoms with Crippen LogP contribution in [0.15, 0.2) is 0 Å². The van der Waals surface area contributed by atoms with Gasteiger partial charge in [0.1, 0.15) is 12.2 Å². The van der Waals surface area contributed by atoms with Crippen molar-refractivity contribution in [2.24, 2.45) is 0 Å². The average molecular weight is 792 g/mol. The standard InChI is InChI=1S/C49H97N3O4/c1-6-10-14-18-22-26-32-46(33-27-23-19-15-11-7-2)55-48(53)36-40-51(38-30-31-39-52-44-42-50(5)43-45-52)41-37-49(54)56-47(34-28-24-20-16-12-8-3)35-29-25-21-17-13-9-4/h46-47H,6-45H2,1-5H3. The van der Waals surface area contributed by atoms with Gasteiger partial charge in [-0.1, -0.05) is 156 Å². The third kappa shape index (κ3) is 32.7. The summed E-state index contributed by atoms with van der Waals surface area (Å²) in [4.78, 5) is 34.1. The van der Waals surface area contributed by atoms with E-state index in [4.69, 9.17) is 9.47 Å². The summed E-state index contributed by atoms with van der Waals surface area (Å²) in [6.07, 6.45) is 37.4. The molecule has 332 valence electrons. The molecule has 0 aromatic heterocycles. The lowest BCUT2D eigenvalue weighted by Crippen LogP contribution is -2.44. The van der Waals surface area contributed by atoms with E-state index in [0.29, 0.717) is 25.9 Å². The van der Waals surface area contributed by atoms with Crippen molar-refractivity contribution in [3.05, 3.63) is 0 Å². The molecule has 0 atom stereocenters. The van der Waals surface area contributed by atoms with Gasteiger partial charge in [-0.2, -0.15) is 0 Å². The molecule has 1 aliphatic rings. The molecule has 0 radical (unpaired) electrons. The Hall–Kier alpha value is -1.18.